The minimum atomic E-state index is 0.441. The lowest BCUT2D eigenvalue weighted by molar-refractivity contribution is 0.196. The van der Waals surface area contributed by atoms with Gasteiger partial charge in [-0.1, -0.05) is 45.4 Å². The molecule has 1 atom stereocenters. The summed E-state index contributed by atoms with van der Waals surface area (Å²) >= 11 is 4.43. The Morgan fingerprint density at radius 3 is 2.31 bits per heavy atom. The molecule has 0 bridgehead atoms. The highest BCUT2D eigenvalue weighted by Crippen LogP contribution is 2.11. The molecule has 0 spiro atoms. The monoisotopic (exact) mass is 204 g/mol. The minimum Gasteiger partial charge on any atom is -0.384 e. The summed E-state index contributed by atoms with van der Waals surface area (Å²) in [6.07, 6.45) is 9.38. The Balaban J connectivity index is 2.97. The summed E-state index contributed by atoms with van der Waals surface area (Å²) in [5.74, 6) is 0. The van der Waals surface area contributed by atoms with Gasteiger partial charge in [0, 0.05) is 12.4 Å². The predicted octanol–water partition coefficient (Wildman–Crippen LogP) is 3.68. The van der Waals surface area contributed by atoms with Crippen LogP contribution in [-0.2, 0) is 4.74 Å². The van der Waals surface area contributed by atoms with E-state index in [2.05, 4.69) is 19.6 Å². The lowest BCUT2D eigenvalue weighted by Gasteiger charge is -2.08. The predicted molar refractivity (Wildman–Crippen MR) is 62.6 cm³/mol. The average molecular weight is 204 g/mol. The molecule has 0 rings (SSSR count). The van der Waals surface area contributed by atoms with Crippen LogP contribution in [0.2, 0.25) is 0 Å². The number of ether oxygens (including phenoxy) is 1. The van der Waals surface area contributed by atoms with Gasteiger partial charge in [0.25, 0.3) is 0 Å². The molecule has 0 aliphatic rings. The molecule has 0 heterocycles. The molecule has 0 N–H and O–H groups in total. The number of unbranched alkanes of at least 4 members (excludes halogenated alkanes) is 5. The molecule has 0 aromatic rings. The first-order valence-corrected chi connectivity index (χ1v) is 6.00. The largest absolute Gasteiger partial charge is 0.384 e. The van der Waals surface area contributed by atoms with Gasteiger partial charge in [0.1, 0.15) is 0 Å². The number of hydrogen-bond acceptors (Lipinski definition) is 2. The highest BCUT2D eigenvalue weighted by Gasteiger charge is 2.00. The summed E-state index contributed by atoms with van der Waals surface area (Å²) in [4.78, 5) is 0. The van der Waals surface area contributed by atoms with Crippen molar-refractivity contribution in [1.82, 2.24) is 0 Å². The van der Waals surface area contributed by atoms with Gasteiger partial charge >= 0.3 is 0 Å². The van der Waals surface area contributed by atoms with Crippen LogP contribution >= 0.6 is 12.6 Å². The summed E-state index contributed by atoms with van der Waals surface area (Å²) in [5.41, 5.74) is 0. The molecule has 0 aromatic carbocycles. The fraction of sp³-hybridized carbons (Fsp3) is 1.00. The lowest BCUT2D eigenvalue weighted by atomic mass is 10.1. The van der Waals surface area contributed by atoms with E-state index < -0.39 is 0 Å². The van der Waals surface area contributed by atoms with Gasteiger partial charge in [-0.05, 0) is 6.42 Å². The number of methoxy groups -OCH3 is 1. The molecule has 13 heavy (non-hydrogen) atoms. The van der Waals surface area contributed by atoms with Crippen molar-refractivity contribution in [1.29, 1.82) is 0 Å². The Kier molecular flexibility index (Phi) is 10.6. The molecule has 0 amide bonds. The fourth-order valence-corrected chi connectivity index (χ4v) is 1.77. The second-order valence-electron chi connectivity index (χ2n) is 3.67. The molecule has 1 unspecified atom stereocenters. The van der Waals surface area contributed by atoms with E-state index in [1.54, 1.807) is 7.11 Å². The van der Waals surface area contributed by atoms with Crippen molar-refractivity contribution in [2.45, 2.75) is 57.1 Å². The van der Waals surface area contributed by atoms with Crippen LogP contribution in [0.5, 0.6) is 0 Å². The van der Waals surface area contributed by atoms with Crippen LogP contribution in [0, 0.1) is 0 Å². The first-order valence-electron chi connectivity index (χ1n) is 5.48. The Labute approximate surface area is 88.7 Å². The van der Waals surface area contributed by atoms with Crippen molar-refractivity contribution in [3.05, 3.63) is 0 Å². The topological polar surface area (TPSA) is 9.23 Å². The van der Waals surface area contributed by atoms with Gasteiger partial charge in [0.15, 0.2) is 0 Å². The molecule has 0 saturated heterocycles. The summed E-state index contributed by atoms with van der Waals surface area (Å²) < 4.78 is 5.02. The molecule has 0 fully saturated rings. The van der Waals surface area contributed by atoms with Crippen LogP contribution in [-0.4, -0.2) is 19.0 Å². The number of thiol groups is 1. The first-order chi connectivity index (χ1) is 6.31. The highest BCUT2D eigenvalue weighted by molar-refractivity contribution is 7.81. The minimum absolute atomic E-state index is 0.441. The molecule has 2 heteroatoms. The first kappa shape index (κ1) is 13.3. The van der Waals surface area contributed by atoms with E-state index in [1.165, 1.54) is 44.9 Å². The SMILES string of the molecule is CCCCCCCCC(S)COC. The third-order valence-electron chi connectivity index (χ3n) is 2.25. The molecule has 0 saturated carbocycles. The zero-order valence-electron chi connectivity index (χ0n) is 9.09. The van der Waals surface area contributed by atoms with Crippen LogP contribution in [0.3, 0.4) is 0 Å². The van der Waals surface area contributed by atoms with Crippen molar-refractivity contribution < 1.29 is 4.74 Å². The van der Waals surface area contributed by atoms with Gasteiger partial charge in [0.05, 0.1) is 6.61 Å². The summed E-state index contributed by atoms with van der Waals surface area (Å²) in [7, 11) is 1.74. The maximum atomic E-state index is 5.02. The smallest absolute Gasteiger partial charge is 0.0578 e. The third-order valence-corrected chi connectivity index (χ3v) is 2.66. The number of hydrogen-bond donors (Lipinski definition) is 1. The van der Waals surface area contributed by atoms with Crippen molar-refractivity contribution >= 4 is 12.6 Å². The van der Waals surface area contributed by atoms with Crippen molar-refractivity contribution in [3.63, 3.8) is 0 Å². The third kappa shape index (κ3) is 10.2. The van der Waals surface area contributed by atoms with Crippen LogP contribution in [0.15, 0.2) is 0 Å². The van der Waals surface area contributed by atoms with E-state index >= 15 is 0 Å². The van der Waals surface area contributed by atoms with E-state index in [0.29, 0.717) is 5.25 Å². The average Bonchev–Trinajstić information content (AvgIpc) is 2.11. The van der Waals surface area contributed by atoms with Gasteiger partial charge in [0.2, 0.25) is 0 Å². The van der Waals surface area contributed by atoms with Gasteiger partial charge in [-0.3, -0.25) is 0 Å². The van der Waals surface area contributed by atoms with Crippen molar-refractivity contribution in [2.75, 3.05) is 13.7 Å². The zero-order valence-corrected chi connectivity index (χ0v) is 9.98. The Morgan fingerprint density at radius 2 is 1.69 bits per heavy atom. The maximum absolute atomic E-state index is 5.02. The molecule has 0 radical (unpaired) electrons. The second-order valence-corrected chi connectivity index (χ2v) is 4.40. The molecular weight excluding hydrogens is 180 g/mol. The van der Waals surface area contributed by atoms with Crippen LogP contribution < -0.4 is 0 Å². The molecule has 0 aromatic heterocycles. The van der Waals surface area contributed by atoms with Crippen LogP contribution in [0.25, 0.3) is 0 Å². The van der Waals surface area contributed by atoms with E-state index in [1.807, 2.05) is 0 Å². The zero-order chi connectivity index (χ0) is 9.94. The molecular formula is C11H24OS. The van der Waals surface area contributed by atoms with Gasteiger partial charge in [-0.25, -0.2) is 0 Å². The standard InChI is InChI=1S/C11H24OS/c1-3-4-5-6-7-8-9-11(13)10-12-2/h11,13H,3-10H2,1-2H3. The van der Waals surface area contributed by atoms with Crippen LogP contribution in [0.4, 0.5) is 0 Å². The summed E-state index contributed by atoms with van der Waals surface area (Å²) in [5, 5.41) is 0.441. The second kappa shape index (κ2) is 10.4. The van der Waals surface area contributed by atoms with Crippen molar-refractivity contribution in [3.8, 4) is 0 Å². The van der Waals surface area contributed by atoms with Crippen LogP contribution in [0.1, 0.15) is 51.9 Å². The Bertz CT molecular complexity index is 96.1. The fourth-order valence-electron chi connectivity index (χ4n) is 1.44. The van der Waals surface area contributed by atoms with E-state index in [9.17, 15) is 0 Å². The van der Waals surface area contributed by atoms with Gasteiger partial charge in [-0.2, -0.15) is 12.6 Å². The Hall–Kier alpha value is 0.310. The van der Waals surface area contributed by atoms with E-state index in [4.69, 9.17) is 4.74 Å². The van der Waals surface area contributed by atoms with E-state index in [-0.39, 0.29) is 0 Å². The van der Waals surface area contributed by atoms with Gasteiger partial charge in [-0.15, -0.1) is 0 Å². The quantitative estimate of drug-likeness (QED) is 0.445. The molecule has 1 nitrogen and oxygen atoms in total. The Morgan fingerprint density at radius 1 is 1.08 bits per heavy atom. The molecule has 0 aliphatic carbocycles. The maximum Gasteiger partial charge on any atom is 0.0578 e. The highest BCUT2D eigenvalue weighted by atomic mass is 32.1. The normalized spacial score (nSPS) is 13.2. The molecule has 0 aliphatic heterocycles. The lowest BCUT2D eigenvalue weighted by Crippen LogP contribution is -2.06. The van der Waals surface area contributed by atoms with Crippen molar-refractivity contribution in [2.24, 2.45) is 0 Å². The summed E-state index contributed by atoms with van der Waals surface area (Å²) in [6.45, 7) is 3.04. The number of rotatable bonds is 9. The summed E-state index contributed by atoms with van der Waals surface area (Å²) in [6, 6.07) is 0. The van der Waals surface area contributed by atoms with E-state index in [0.717, 1.165) is 6.61 Å². The van der Waals surface area contributed by atoms with Gasteiger partial charge < -0.3 is 4.74 Å². The molecule has 80 valence electrons.